The molecule has 5 nitrogen and oxygen atoms in total. The molecule has 0 fully saturated rings. The molecule has 124 valence electrons. The van der Waals surface area contributed by atoms with Crippen LogP contribution < -0.4 is 15.4 Å². The molecule has 2 rings (SSSR count). The largest absolute Gasteiger partial charge is 0.496 e. The maximum absolute atomic E-state index is 13.6. The fourth-order valence-corrected chi connectivity index (χ4v) is 2.04. The van der Waals surface area contributed by atoms with E-state index >= 15 is 0 Å². The van der Waals surface area contributed by atoms with Gasteiger partial charge in [-0.25, -0.2) is 4.39 Å². The Balaban J connectivity index is 2.09. The number of methoxy groups -OCH3 is 1. The molecule has 0 aliphatic rings. The van der Waals surface area contributed by atoms with Crippen LogP contribution in [0.15, 0.2) is 48.5 Å². The molecule has 2 N–H and O–H groups in total. The minimum atomic E-state index is -0.576. The maximum atomic E-state index is 13.6. The minimum absolute atomic E-state index is 0.00834. The molecule has 0 aromatic heterocycles. The van der Waals surface area contributed by atoms with Crippen molar-refractivity contribution in [2.75, 3.05) is 17.7 Å². The number of halogens is 1. The number of carbonyl (C=O) groups is 2. The Morgan fingerprint density at radius 3 is 2.58 bits per heavy atom. The summed E-state index contributed by atoms with van der Waals surface area (Å²) in [6, 6.07) is 11.2. The average Bonchev–Trinajstić information content (AvgIpc) is 2.56. The lowest BCUT2D eigenvalue weighted by atomic mass is 10.2. The first-order valence-corrected chi connectivity index (χ1v) is 7.19. The van der Waals surface area contributed by atoms with E-state index in [1.165, 1.54) is 31.2 Å². The summed E-state index contributed by atoms with van der Waals surface area (Å²) in [5.41, 5.74) is 1.14. The summed E-state index contributed by atoms with van der Waals surface area (Å²) >= 11 is 0. The van der Waals surface area contributed by atoms with Crippen LogP contribution in [-0.4, -0.2) is 18.9 Å². The van der Waals surface area contributed by atoms with E-state index in [9.17, 15) is 14.0 Å². The molecular formula is C18H17FN2O3. The smallest absolute Gasteiger partial charge is 0.248 e. The summed E-state index contributed by atoms with van der Waals surface area (Å²) in [6.45, 7) is 1.28. The summed E-state index contributed by atoms with van der Waals surface area (Å²) in [7, 11) is 1.55. The molecule has 0 spiro atoms. The summed E-state index contributed by atoms with van der Waals surface area (Å²) in [4.78, 5) is 23.0. The van der Waals surface area contributed by atoms with Gasteiger partial charge >= 0.3 is 0 Å². The molecule has 0 heterocycles. The number of carbonyl (C=O) groups excluding carboxylic acids is 2. The zero-order valence-corrected chi connectivity index (χ0v) is 13.3. The molecule has 0 unspecified atom stereocenters. The molecule has 0 saturated carbocycles. The van der Waals surface area contributed by atoms with Gasteiger partial charge in [-0.05, 0) is 30.3 Å². The van der Waals surface area contributed by atoms with Crippen LogP contribution in [0.25, 0.3) is 6.08 Å². The average molecular weight is 328 g/mol. The SMILES string of the molecule is COc1ccccc1/C=C/C(=O)Nc1ccc(F)c(NC(C)=O)c1. The summed E-state index contributed by atoms with van der Waals surface area (Å²) < 4.78 is 18.8. The van der Waals surface area contributed by atoms with Gasteiger partial charge in [0.15, 0.2) is 0 Å². The van der Waals surface area contributed by atoms with Crippen molar-refractivity contribution in [3.63, 3.8) is 0 Å². The molecule has 2 aromatic carbocycles. The van der Waals surface area contributed by atoms with E-state index in [-0.39, 0.29) is 11.6 Å². The number of amides is 2. The Hall–Kier alpha value is -3.15. The Labute approximate surface area is 139 Å². The highest BCUT2D eigenvalue weighted by molar-refractivity contribution is 6.02. The van der Waals surface area contributed by atoms with Gasteiger partial charge in [-0.3, -0.25) is 9.59 Å². The van der Waals surface area contributed by atoms with Gasteiger partial charge in [0.25, 0.3) is 0 Å². The van der Waals surface area contributed by atoms with Crippen LogP contribution in [0, 0.1) is 5.82 Å². The molecule has 0 aliphatic carbocycles. The lowest BCUT2D eigenvalue weighted by Crippen LogP contribution is -2.10. The van der Waals surface area contributed by atoms with E-state index in [0.717, 1.165) is 5.56 Å². The van der Waals surface area contributed by atoms with Gasteiger partial charge in [0, 0.05) is 24.3 Å². The maximum Gasteiger partial charge on any atom is 0.248 e. The van der Waals surface area contributed by atoms with Crippen molar-refractivity contribution in [2.45, 2.75) is 6.92 Å². The van der Waals surface area contributed by atoms with Crippen LogP contribution in [0.4, 0.5) is 15.8 Å². The van der Waals surface area contributed by atoms with Crippen LogP contribution in [0.5, 0.6) is 5.75 Å². The zero-order chi connectivity index (χ0) is 17.5. The van der Waals surface area contributed by atoms with Gasteiger partial charge in [0.1, 0.15) is 11.6 Å². The third-order valence-electron chi connectivity index (χ3n) is 3.10. The number of para-hydroxylation sites is 1. The van der Waals surface area contributed by atoms with Gasteiger partial charge in [0.2, 0.25) is 11.8 Å². The lowest BCUT2D eigenvalue weighted by molar-refractivity contribution is -0.114. The molecule has 0 aliphatic heterocycles. The minimum Gasteiger partial charge on any atom is -0.496 e. The van der Waals surface area contributed by atoms with Crippen molar-refractivity contribution < 1.29 is 18.7 Å². The first-order chi connectivity index (χ1) is 11.5. The Kier molecular flexibility index (Phi) is 5.68. The highest BCUT2D eigenvalue weighted by Crippen LogP contribution is 2.21. The summed E-state index contributed by atoms with van der Waals surface area (Å²) in [6.07, 6.45) is 2.96. The fourth-order valence-electron chi connectivity index (χ4n) is 2.04. The van der Waals surface area contributed by atoms with Crippen molar-refractivity contribution in [3.8, 4) is 5.75 Å². The van der Waals surface area contributed by atoms with Crippen molar-refractivity contribution >= 4 is 29.3 Å². The number of ether oxygens (including phenoxy) is 1. The van der Waals surface area contributed by atoms with Gasteiger partial charge in [-0.15, -0.1) is 0 Å². The second kappa shape index (κ2) is 7.92. The van der Waals surface area contributed by atoms with E-state index < -0.39 is 11.7 Å². The van der Waals surface area contributed by atoms with Crippen molar-refractivity contribution in [2.24, 2.45) is 0 Å². The first-order valence-electron chi connectivity index (χ1n) is 7.19. The Morgan fingerprint density at radius 2 is 1.88 bits per heavy atom. The van der Waals surface area contributed by atoms with E-state index in [1.54, 1.807) is 19.3 Å². The number of benzene rings is 2. The first kappa shape index (κ1) is 17.2. The highest BCUT2D eigenvalue weighted by Gasteiger charge is 2.06. The quantitative estimate of drug-likeness (QED) is 0.826. The standard InChI is InChI=1S/C18H17FN2O3/c1-12(22)20-16-11-14(8-9-15(16)19)21-18(23)10-7-13-5-3-4-6-17(13)24-2/h3-11H,1-2H3,(H,20,22)(H,21,23)/b10-7+. The Morgan fingerprint density at radius 1 is 1.12 bits per heavy atom. The van der Waals surface area contributed by atoms with Crippen molar-refractivity contribution in [1.82, 2.24) is 0 Å². The van der Waals surface area contributed by atoms with E-state index in [0.29, 0.717) is 11.4 Å². The predicted molar refractivity (Wildman–Crippen MR) is 91.4 cm³/mol. The van der Waals surface area contributed by atoms with Crippen LogP contribution in [0.3, 0.4) is 0 Å². The molecule has 0 saturated heterocycles. The van der Waals surface area contributed by atoms with Gasteiger partial charge < -0.3 is 15.4 Å². The summed E-state index contributed by atoms with van der Waals surface area (Å²) in [5, 5.41) is 4.97. The van der Waals surface area contributed by atoms with Gasteiger partial charge in [-0.1, -0.05) is 18.2 Å². The zero-order valence-electron chi connectivity index (χ0n) is 13.3. The van der Waals surface area contributed by atoms with Crippen LogP contribution in [0.1, 0.15) is 12.5 Å². The highest BCUT2D eigenvalue weighted by atomic mass is 19.1. The van der Waals surface area contributed by atoms with Gasteiger partial charge in [-0.2, -0.15) is 0 Å². The number of rotatable bonds is 5. The van der Waals surface area contributed by atoms with E-state index in [4.69, 9.17) is 4.74 Å². The number of hydrogen-bond acceptors (Lipinski definition) is 3. The van der Waals surface area contributed by atoms with Crippen LogP contribution >= 0.6 is 0 Å². The van der Waals surface area contributed by atoms with Crippen molar-refractivity contribution in [1.29, 1.82) is 0 Å². The normalized spacial score (nSPS) is 10.5. The third-order valence-corrected chi connectivity index (χ3v) is 3.10. The second-order valence-electron chi connectivity index (χ2n) is 4.94. The molecule has 0 radical (unpaired) electrons. The summed E-state index contributed by atoms with van der Waals surface area (Å²) in [5.74, 6) is -0.709. The third kappa shape index (κ3) is 4.67. The number of nitrogens with one attached hydrogen (secondary N) is 2. The second-order valence-corrected chi connectivity index (χ2v) is 4.94. The van der Waals surface area contributed by atoms with Gasteiger partial charge in [0.05, 0.1) is 12.8 Å². The Bertz CT molecular complexity index is 788. The predicted octanol–water partition coefficient (Wildman–Crippen LogP) is 3.44. The number of anilines is 2. The molecule has 0 atom stereocenters. The molecule has 6 heteroatoms. The molecule has 24 heavy (non-hydrogen) atoms. The lowest BCUT2D eigenvalue weighted by Gasteiger charge is -2.08. The molecule has 2 aromatic rings. The topological polar surface area (TPSA) is 67.4 Å². The van der Waals surface area contributed by atoms with Crippen LogP contribution in [0.2, 0.25) is 0 Å². The van der Waals surface area contributed by atoms with E-state index in [2.05, 4.69) is 10.6 Å². The van der Waals surface area contributed by atoms with Crippen molar-refractivity contribution in [3.05, 3.63) is 59.9 Å². The molecule has 2 amide bonds. The van der Waals surface area contributed by atoms with Crippen LogP contribution in [-0.2, 0) is 9.59 Å². The molecular weight excluding hydrogens is 311 g/mol. The monoisotopic (exact) mass is 328 g/mol. The van der Waals surface area contributed by atoms with E-state index in [1.807, 2.05) is 18.2 Å². The fraction of sp³-hybridized carbons (Fsp3) is 0.111. The number of hydrogen-bond donors (Lipinski definition) is 2. The molecule has 0 bridgehead atoms.